The van der Waals surface area contributed by atoms with E-state index < -0.39 is 34.5 Å². The molecule has 1 atom stereocenters. The molecule has 116 valence electrons. The molecule has 1 aromatic rings. The molecular formula is C11H13ClN2O6S. The molecule has 0 bridgehead atoms. The lowest BCUT2D eigenvalue weighted by atomic mass is 10.3. The highest BCUT2D eigenvalue weighted by molar-refractivity contribution is 7.89. The van der Waals surface area contributed by atoms with Crippen LogP contribution >= 0.6 is 11.6 Å². The van der Waals surface area contributed by atoms with Gasteiger partial charge in [0.1, 0.15) is 16.7 Å². The van der Waals surface area contributed by atoms with Crippen molar-refractivity contribution in [2.45, 2.75) is 17.9 Å². The second kappa shape index (κ2) is 6.74. The van der Waals surface area contributed by atoms with Crippen LogP contribution in [0.3, 0.4) is 0 Å². The number of ether oxygens (including phenoxy) is 1. The molecule has 0 unspecified atom stereocenters. The van der Waals surface area contributed by atoms with Gasteiger partial charge < -0.3 is 15.6 Å². The molecule has 0 radical (unpaired) electrons. The van der Waals surface area contributed by atoms with Gasteiger partial charge in [-0.1, -0.05) is 11.6 Å². The van der Waals surface area contributed by atoms with Crippen molar-refractivity contribution < 1.29 is 27.9 Å². The summed E-state index contributed by atoms with van der Waals surface area (Å²) < 4.78 is 31.2. The number of hydrogen-bond donors (Lipinski definition) is 3. The zero-order valence-electron chi connectivity index (χ0n) is 10.9. The quantitative estimate of drug-likeness (QED) is 0.639. The molecule has 0 saturated carbocycles. The number of carboxylic acid groups (broad SMARTS) is 1. The molecule has 0 heterocycles. The average molecular weight is 337 g/mol. The molecule has 1 aromatic carbocycles. The van der Waals surface area contributed by atoms with Crippen LogP contribution in [0.4, 0.5) is 0 Å². The summed E-state index contributed by atoms with van der Waals surface area (Å²) in [7, 11) is -4.20. The van der Waals surface area contributed by atoms with Crippen molar-refractivity contribution >= 4 is 33.5 Å². The lowest BCUT2D eigenvalue weighted by molar-refractivity contribution is -0.138. The Morgan fingerprint density at radius 1 is 1.48 bits per heavy atom. The molecule has 10 heteroatoms. The second-order valence-corrected chi connectivity index (χ2v) is 6.15. The molecule has 0 aliphatic carbocycles. The van der Waals surface area contributed by atoms with Crippen LogP contribution in [0.2, 0.25) is 5.02 Å². The highest BCUT2D eigenvalue weighted by Crippen LogP contribution is 2.27. The number of nitrogens with two attached hydrogens (primary N) is 1. The van der Waals surface area contributed by atoms with Crippen molar-refractivity contribution in [1.29, 1.82) is 0 Å². The number of carbonyl (C=O) groups excluding carboxylic acids is 1. The Hall–Kier alpha value is -1.84. The first-order valence-corrected chi connectivity index (χ1v) is 7.45. The van der Waals surface area contributed by atoms with Crippen LogP contribution in [0.5, 0.6) is 5.75 Å². The fourth-order valence-electron chi connectivity index (χ4n) is 1.31. The first kappa shape index (κ1) is 17.2. The van der Waals surface area contributed by atoms with E-state index in [2.05, 4.69) is 0 Å². The van der Waals surface area contributed by atoms with Gasteiger partial charge in [-0.2, -0.15) is 4.72 Å². The van der Waals surface area contributed by atoms with E-state index in [4.69, 9.17) is 27.2 Å². The van der Waals surface area contributed by atoms with Crippen LogP contribution in [0.1, 0.15) is 6.92 Å². The number of rotatable bonds is 7. The fraction of sp³-hybridized carbons (Fsp3) is 0.273. The van der Waals surface area contributed by atoms with Crippen molar-refractivity contribution in [2.75, 3.05) is 6.61 Å². The lowest BCUT2D eigenvalue weighted by Gasteiger charge is -2.14. The smallest absolute Gasteiger partial charge is 0.321 e. The first-order valence-electron chi connectivity index (χ1n) is 5.59. The standard InChI is InChI=1S/C11H13ClN2O6S/c1-6(11(16)17)14-21(18,19)9-4-7(12)2-3-8(9)20-5-10(13)15/h2-4,6,14H,5H2,1H3,(H2,13,15)(H,16,17)/t6-/m0/s1. The van der Waals surface area contributed by atoms with Crippen LogP contribution in [-0.2, 0) is 19.6 Å². The number of hydrogen-bond acceptors (Lipinski definition) is 5. The zero-order valence-corrected chi connectivity index (χ0v) is 12.4. The Labute approximate surface area is 125 Å². The number of primary amides is 1. The summed E-state index contributed by atoms with van der Waals surface area (Å²) in [5.41, 5.74) is 4.92. The van der Waals surface area contributed by atoms with Gasteiger partial charge in [0, 0.05) is 5.02 Å². The van der Waals surface area contributed by atoms with Gasteiger partial charge in [0.2, 0.25) is 10.0 Å². The van der Waals surface area contributed by atoms with Gasteiger partial charge in [-0.25, -0.2) is 8.42 Å². The van der Waals surface area contributed by atoms with Gasteiger partial charge in [-0.3, -0.25) is 9.59 Å². The van der Waals surface area contributed by atoms with Gasteiger partial charge in [-0.05, 0) is 25.1 Å². The maximum absolute atomic E-state index is 12.1. The maximum Gasteiger partial charge on any atom is 0.321 e. The predicted octanol–water partition coefficient (Wildman–Crippen LogP) is -0.0445. The topological polar surface area (TPSA) is 136 Å². The molecule has 0 aromatic heterocycles. The monoisotopic (exact) mass is 336 g/mol. The number of benzene rings is 1. The van der Waals surface area contributed by atoms with Crippen molar-refractivity contribution in [3.05, 3.63) is 23.2 Å². The molecule has 21 heavy (non-hydrogen) atoms. The van der Waals surface area contributed by atoms with Gasteiger partial charge in [-0.15, -0.1) is 0 Å². The minimum absolute atomic E-state index is 0.102. The minimum atomic E-state index is -4.20. The van der Waals surface area contributed by atoms with Crippen molar-refractivity contribution in [2.24, 2.45) is 5.73 Å². The van der Waals surface area contributed by atoms with Gasteiger partial charge in [0.15, 0.2) is 6.61 Å². The highest BCUT2D eigenvalue weighted by Gasteiger charge is 2.25. The van der Waals surface area contributed by atoms with Gasteiger partial charge in [0.05, 0.1) is 0 Å². The Kier molecular flexibility index (Phi) is 5.53. The van der Waals surface area contributed by atoms with E-state index in [9.17, 15) is 18.0 Å². The van der Waals surface area contributed by atoms with Crippen LogP contribution in [0.25, 0.3) is 0 Å². The van der Waals surface area contributed by atoms with E-state index in [1.807, 2.05) is 4.72 Å². The largest absolute Gasteiger partial charge is 0.482 e. The minimum Gasteiger partial charge on any atom is -0.482 e. The summed E-state index contributed by atoms with van der Waals surface area (Å²) >= 11 is 5.73. The Morgan fingerprint density at radius 2 is 2.10 bits per heavy atom. The molecule has 1 amide bonds. The van der Waals surface area contributed by atoms with E-state index in [1.54, 1.807) is 0 Å². The van der Waals surface area contributed by atoms with Crippen molar-refractivity contribution in [3.63, 3.8) is 0 Å². The third-order valence-electron chi connectivity index (χ3n) is 2.27. The summed E-state index contributed by atoms with van der Waals surface area (Å²) in [6.07, 6.45) is 0. The first-order chi connectivity index (χ1) is 9.63. The number of aliphatic carboxylic acids is 1. The summed E-state index contributed by atoms with van der Waals surface area (Å²) in [6.45, 7) is 0.632. The van der Waals surface area contributed by atoms with E-state index in [1.165, 1.54) is 12.1 Å². The summed E-state index contributed by atoms with van der Waals surface area (Å²) in [6, 6.07) is 2.33. The van der Waals surface area contributed by atoms with Crippen molar-refractivity contribution in [3.8, 4) is 5.75 Å². The van der Waals surface area contributed by atoms with E-state index in [0.29, 0.717) is 0 Å². The number of carboxylic acids is 1. The number of halogens is 1. The summed E-state index contributed by atoms with van der Waals surface area (Å²) in [5, 5.41) is 8.85. The molecule has 0 fully saturated rings. The molecule has 8 nitrogen and oxygen atoms in total. The van der Waals surface area contributed by atoms with E-state index >= 15 is 0 Å². The molecule has 0 spiro atoms. The predicted molar refractivity (Wildman–Crippen MR) is 73.6 cm³/mol. The fourth-order valence-corrected chi connectivity index (χ4v) is 2.91. The molecule has 0 aliphatic heterocycles. The molecule has 4 N–H and O–H groups in total. The van der Waals surface area contributed by atoms with Crippen LogP contribution in [0.15, 0.2) is 23.1 Å². The highest BCUT2D eigenvalue weighted by atomic mass is 35.5. The van der Waals surface area contributed by atoms with E-state index in [0.717, 1.165) is 13.0 Å². The van der Waals surface area contributed by atoms with Crippen LogP contribution in [0, 0.1) is 0 Å². The Morgan fingerprint density at radius 3 is 2.62 bits per heavy atom. The van der Waals surface area contributed by atoms with Crippen molar-refractivity contribution in [1.82, 2.24) is 4.72 Å². The van der Waals surface area contributed by atoms with Crippen LogP contribution in [-0.4, -0.2) is 38.0 Å². The van der Waals surface area contributed by atoms with E-state index in [-0.39, 0.29) is 15.7 Å². The van der Waals surface area contributed by atoms with Gasteiger partial charge >= 0.3 is 5.97 Å². The molecule has 1 rings (SSSR count). The number of sulfonamides is 1. The maximum atomic E-state index is 12.1. The molecule has 0 aliphatic rings. The molecule has 0 saturated heterocycles. The average Bonchev–Trinajstić information content (AvgIpc) is 2.36. The third kappa shape index (κ3) is 4.88. The number of nitrogens with one attached hydrogen (secondary N) is 1. The molecular weight excluding hydrogens is 324 g/mol. The normalized spacial score (nSPS) is 12.7. The number of amides is 1. The Bertz CT molecular complexity index is 661. The lowest BCUT2D eigenvalue weighted by Crippen LogP contribution is -2.38. The number of carbonyl (C=O) groups is 2. The third-order valence-corrected chi connectivity index (χ3v) is 4.06. The SMILES string of the molecule is C[C@H](NS(=O)(=O)c1cc(Cl)ccc1OCC(N)=O)C(=O)O. The Balaban J connectivity index is 3.17. The zero-order chi connectivity index (χ0) is 16.2. The second-order valence-electron chi connectivity index (χ2n) is 4.03. The van der Waals surface area contributed by atoms with Gasteiger partial charge in [0.25, 0.3) is 5.91 Å². The summed E-state index contributed by atoms with van der Waals surface area (Å²) in [5.74, 6) is -2.30. The van der Waals surface area contributed by atoms with Crippen LogP contribution < -0.4 is 15.2 Å². The summed E-state index contributed by atoms with van der Waals surface area (Å²) in [4.78, 5) is 21.0.